The Hall–Kier alpha value is -0.0400. The molecule has 0 spiro atoms. The van der Waals surface area contributed by atoms with E-state index in [2.05, 4.69) is 19.2 Å². The van der Waals surface area contributed by atoms with E-state index in [9.17, 15) is 0 Å². The highest BCUT2D eigenvalue weighted by atomic mass is 15.0. The second-order valence-corrected chi connectivity index (χ2v) is 9.14. The fraction of sp³-hybridized carbons (Fsp3) is 1.00. The van der Waals surface area contributed by atoms with Gasteiger partial charge in [-0.2, -0.15) is 0 Å². The normalized spacial score (nSPS) is 49.6. The Labute approximate surface area is 131 Å². The Morgan fingerprint density at radius 3 is 2.43 bits per heavy atom. The minimum absolute atomic E-state index is 0.845. The van der Waals surface area contributed by atoms with Gasteiger partial charge in [-0.05, 0) is 80.5 Å². The van der Waals surface area contributed by atoms with E-state index in [1.807, 2.05) is 0 Å². The summed E-state index contributed by atoms with van der Waals surface area (Å²) in [7, 11) is 0. The quantitative estimate of drug-likeness (QED) is 0.720. The lowest BCUT2D eigenvalue weighted by molar-refractivity contribution is 0.193. The molecule has 0 radical (unpaired) electrons. The number of fused-ring (bicyclic) bond motifs is 5. The third-order valence-corrected chi connectivity index (χ3v) is 7.83. The predicted octanol–water partition coefficient (Wildman–Crippen LogP) is 5.01. The first-order chi connectivity index (χ1) is 10.2. The number of nitrogens with one attached hydrogen (secondary N) is 1. The van der Waals surface area contributed by atoms with Gasteiger partial charge in [0.05, 0.1) is 0 Å². The first kappa shape index (κ1) is 14.5. The SMILES string of the molecule is CC(C)C1CCCC(NC2CC3CC2C2CCCC32)CC1. The lowest BCUT2D eigenvalue weighted by Gasteiger charge is -2.34. The summed E-state index contributed by atoms with van der Waals surface area (Å²) in [5, 5.41) is 4.16. The van der Waals surface area contributed by atoms with E-state index >= 15 is 0 Å². The molecule has 4 rings (SSSR count). The average molecular weight is 290 g/mol. The van der Waals surface area contributed by atoms with Crippen LogP contribution in [0.3, 0.4) is 0 Å². The van der Waals surface area contributed by atoms with Crippen LogP contribution in [0.1, 0.15) is 78.1 Å². The minimum Gasteiger partial charge on any atom is -0.311 e. The zero-order valence-corrected chi connectivity index (χ0v) is 14.2. The summed E-state index contributed by atoms with van der Waals surface area (Å²) >= 11 is 0. The Kier molecular flexibility index (Phi) is 4.07. The van der Waals surface area contributed by atoms with Crippen molar-refractivity contribution in [3.05, 3.63) is 0 Å². The summed E-state index contributed by atoms with van der Waals surface area (Å²) in [6, 6.07) is 1.74. The molecule has 120 valence electrons. The van der Waals surface area contributed by atoms with Gasteiger partial charge in [-0.1, -0.05) is 33.1 Å². The largest absolute Gasteiger partial charge is 0.311 e. The molecule has 4 aliphatic rings. The van der Waals surface area contributed by atoms with E-state index in [0.29, 0.717) is 0 Å². The van der Waals surface area contributed by atoms with Crippen LogP contribution in [0.2, 0.25) is 0 Å². The van der Waals surface area contributed by atoms with Crippen molar-refractivity contribution >= 4 is 0 Å². The van der Waals surface area contributed by atoms with Crippen molar-refractivity contribution in [2.24, 2.45) is 35.5 Å². The van der Waals surface area contributed by atoms with Crippen molar-refractivity contribution in [2.45, 2.75) is 90.1 Å². The first-order valence-electron chi connectivity index (χ1n) is 9.98. The molecule has 7 unspecified atom stereocenters. The number of rotatable bonds is 3. The van der Waals surface area contributed by atoms with Crippen molar-refractivity contribution in [3.8, 4) is 0 Å². The van der Waals surface area contributed by atoms with Crippen molar-refractivity contribution < 1.29 is 0 Å². The second-order valence-electron chi connectivity index (χ2n) is 9.14. The first-order valence-corrected chi connectivity index (χ1v) is 9.98. The molecule has 4 saturated carbocycles. The lowest BCUT2D eigenvalue weighted by atomic mass is 9.79. The molecule has 21 heavy (non-hydrogen) atoms. The van der Waals surface area contributed by atoms with Gasteiger partial charge in [-0.25, -0.2) is 0 Å². The molecule has 0 aliphatic heterocycles. The maximum atomic E-state index is 4.16. The van der Waals surface area contributed by atoms with Crippen molar-refractivity contribution in [1.29, 1.82) is 0 Å². The highest BCUT2D eigenvalue weighted by Crippen LogP contribution is 2.58. The zero-order chi connectivity index (χ0) is 14.4. The third-order valence-electron chi connectivity index (χ3n) is 7.83. The minimum atomic E-state index is 0.845. The molecule has 1 N–H and O–H groups in total. The van der Waals surface area contributed by atoms with Crippen LogP contribution in [-0.4, -0.2) is 12.1 Å². The van der Waals surface area contributed by atoms with Crippen LogP contribution in [0.15, 0.2) is 0 Å². The molecule has 7 atom stereocenters. The summed E-state index contributed by atoms with van der Waals surface area (Å²) < 4.78 is 0. The Bertz CT molecular complexity index is 363. The van der Waals surface area contributed by atoms with Crippen molar-refractivity contribution in [3.63, 3.8) is 0 Å². The molecule has 0 aromatic rings. The van der Waals surface area contributed by atoms with Gasteiger partial charge >= 0.3 is 0 Å². The summed E-state index contributed by atoms with van der Waals surface area (Å²) in [6.07, 6.45) is 15.1. The van der Waals surface area contributed by atoms with E-state index < -0.39 is 0 Å². The molecule has 0 aromatic heterocycles. The second kappa shape index (κ2) is 5.87. The van der Waals surface area contributed by atoms with Gasteiger partial charge in [0.1, 0.15) is 0 Å². The van der Waals surface area contributed by atoms with E-state index in [-0.39, 0.29) is 0 Å². The lowest BCUT2D eigenvalue weighted by Crippen LogP contribution is -2.44. The highest BCUT2D eigenvalue weighted by Gasteiger charge is 2.53. The van der Waals surface area contributed by atoms with Crippen molar-refractivity contribution in [1.82, 2.24) is 5.32 Å². The van der Waals surface area contributed by atoms with Gasteiger partial charge in [0.25, 0.3) is 0 Å². The van der Waals surface area contributed by atoms with Crippen LogP contribution < -0.4 is 5.32 Å². The Morgan fingerprint density at radius 1 is 0.762 bits per heavy atom. The summed E-state index contributed by atoms with van der Waals surface area (Å²) in [4.78, 5) is 0. The fourth-order valence-corrected chi connectivity index (χ4v) is 6.73. The maximum Gasteiger partial charge on any atom is 0.0103 e. The fourth-order valence-electron chi connectivity index (χ4n) is 6.73. The van der Waals surface area contributed by atoms with Crippen LogP contribution in [-0.2, 0) is 0 Å². The van der Waals surface area contributed by atoms with E-state index in [1.54, 1.807) is 19.3 Å². The number of hydrogen-bond acceptors (Lipinski definition) is 1. The van der Waals surface area contributed by atoms with Crippen LogP contribution in [0.4, 0.5) is 0 Å². The van der Waals surface area contributed by atoms with Gasteiger partial charge < -0.3 is 5.32 Å². The molecule has 4 aliphatic carbocycles. The monoisotopic (exact) mass is 289 g/mol. The van der Waals surface area contributed by atoms with Crippen LogP contribution in [0.25, 0.3) is 0 Å². The van der Waals surface area contributed by atoms with Crippen LogP contribution in [0.5, 0.6) is 0 Å². The Balaban J connectivity index is 1.33. The highest BCUT2D eigenvalue weighted by molar-refractivity contribution is 5.06. The molecule has 0 heterocycles. The van der Waals surface area contributed by atoms with E-state index in [0.717, 1.165) is 47.6 Å². The molecular formula is C20H35N. The van der Waals surface area contributed by atoms with E-state index in [1.165, 1.54) is 44.9 Å². The molecular weight excluding hydrogens is 254 g/mol. The van der Waals surface area contributed by atoms with E-state index in [4.69, 9.17) is 0 Å². The van der Waals surface area contributed by atoms with Crippen LogP contribution in [0, 0.1) is 35.5 Å². The third kappa shape index (κ3) is 2.69. The van der Waals surface area contributed by atoms with Gasteiger partial charge in [0.2, 0.25) is 0 Å². The van der Waals surface area contributed by atoms with Gasteiger partial charge in [-0.3, -0.25) is 0 Å². The summed E-state index contributed by atoms with van der Waals surface area (Å²) in [5.74, 6) is 6.32. The predicted molar refractivity (Wildman–Crippen MR) is 89.2 cm³/mol. The molecule has 4 fully saturated rings. The molecule has 1 nitrogen and oxygen atoms in total. The smallest absolute Gasteiger partial charge is 0.0103 e. The molecule has 0 aromatic carbocycles. The summed E-state index contributed by atoms with van der Waals surface area (Å²) in [6.45, 7) is 4.85. The maximum absolute atomic E-state index is 4.16. The zero-order valence-electron chi connectivity index (χ0n) is 14.2. The van der Waals surface area contributed by atoms with Gasteiger partial charge in [-0.15, -0.1) is 0 Å². The van der Waals surface area contributed by atoms with Crippen molar-refractivity contribution in [2.75, 3.05) is 0 Å². The van der Waals surface area contributed by atoms with Crippen LogP contribution >= 0.6 is 0 Å². The van der Waals surface area contributed by atoms with Gasteiger partial charge in [0, 0.05) is 12.1 Å². The molecule has 1 heteroatoms. The van der Waals surface area contributed by atoms with Gasteiger partial charge in [0.15, 0.2) is 0 Å². The number of hydrogen-bond donors (Lipinski definition) is 1. The molecule has 2 bridgehead atoms. The topological polar surface area (TPSA) is 12.0 Å². The molecule has 0 amide bonds. The Morgan fingerprint density at radius 2 is 1.57 bits per heavy atom. The summed E-state index contributed by atoms with van der Waals surface area (Å²) in [5.41, 5.74) is 0. The average Bonchev–Trinajstić information content (AvgIpc) is 3.09. The standard InChI is InChI=1S/C20H35N/c1-13(2)14-5-3-6-16(10-9-14)21-20-12-15-11-19(20)18-8-4-7-17(15)18/h13-21H,3-12H2,1-2H3. The molecule has 0 saturated heterocycles.